The summed E-state index contributed by atoms with van der Waals surface area (Å²) in [5.74, 6) is -2.41. The monoisotopic (exact) mass is 505 g/mol. The van der Waals surface area contributed by atoms with Crippen molar-refractivity contribution in [3.05, 3.63) is 94.0 Å². The van der Waals surface area contributed by atoms with E-state index in [1.165, 1.54) is 0 Å². The summed E-state index contributed by atoms with van der Waals surface area (Å²) in [5, 5.41) is 15.5. The van der Waals surface area contributed by atoms with Crippen molar-refractivity contribution in [2.75, 3.05) is 19.6 Å². The molecule has 1 atom stereocenters. The zero-order valence-corrected chi connectivity index (χ0v) is 20.8. The van der Waals surface area contributed by atoms with Crippen LogP contribution in [-0.2, 0) is 20.9 Å². The molecule has 0 aromatic heterocycles. The Morgan fingerprint density at radius 2 is 1.68 bits per heavy atom. The molecule has 9 nitrogen and oxygen atoms in total. The molecule has 0 radical (unpaired) electrons. The van der Waals surface area contributed by atoms with E-state index in [-0.39, 0.29) is 19.7 Å². The number of rotatable bonds is 12. The van der Waals surface area contributed by atoms with Gasteiger partial charge in [-0.1, -0.05) is 92.6 Å². The summed E-state index contributed by atoms with van der Waals surface area (Å²) in [4.78, 5) is 50.0. The van der Waals surface area contributed by atoms with Crippen LogP contribution in [0.25, 0.3) is 10.8 Å². The molecular weight excluding hydrogens is 474 g/mol. The molecule has 1 unspecified atom stereocenters. The maximum atomic E-state index is 13.7. The van der Waals surface area contributed by atoms with Crippen molar-refractivity contribution in [2.45, 2.75) is 38.7 Å². The molecule has 3 amide bonds. The van der Waals surface area contributed by atoms with Gasteiger partial charge in [0, 0.05) is 18.0 Å². The number of imide groups is 1. The van der Waals surface area contributed by atoms with Gasteiger partial charge in [0.25, 0.3) is 6.54 Å². The number of nitrogens with zero attached hydrogens (tertiary/aromatic N) is 2. The van der Waals surface area contributed by atoms with Gasteiger partial charge >= 0.3 is 12.0 Å². The SMILES string of the molecule is CCCCCN(C(=O)C[N+](=O)[O-])C(=O)C(CNC(=O)OCc1ccccc1)c1ccc2ccccc2c1. The van der Waals surface area contributed by atoms with Gasteiger partial charge in [0.15, 0.2) is 0 Å². The van der Waals surface area contributed by atoms with Gasteiger partial charge in [-0.2, -0.15) is 0 Å². The molecule has 0 aliphatic rings. The number of alkyl carbamates (subject to hydrolysis) is 1. The van der Waals surface area contributed by atoms with Crippen LogP contribution in [0.1, 0.15) is 43.2 Å². The third kappa shape index (κ3) is 8.13. The third-order valence-electron chi connectivity index (χ3n) is 5.95. The van der Waals surface area contributed by atoms with Gasteiger partial charge in [-0.3, -0.25) is 24.6 Å². The first kappa shape index (κ1) is 27.3. The molecule has 9 heteroatoms. The molecule has 0 aliphatic carbocycles. The molecule has 194 valence electrons. The van der Waals surface area contributed by atoms with Crippen LogP contribution in [0, 0.1) is 10.1 Å². The first-order valence-corrected chi connectivity index (χ1v) is 12.3. The largest absolute Gasteiger partial charge is 0.445 e. The van der Waals surface area contributed by atoms with Crippen molar-refractivity contribution >= 4 is 28.7 Å². The summed E-state index contributed by atoms with van der Waals surface area (Å²) in [7, 11) is 0. The van der Waals surface area contributed by atoms with Crippen LogP contribution in [0.5, 0.6) is 0 Å². The fraction of sp³-hybridized carbons (Fsp3) is 0.321. The molecule has 3 aromatic rings. The zero-order chi connectivity index (χ0) is 26.6. The molecule has 0 aliphatic heterocycles. The lowest BCUT2D eigenvalue weighted by Gasteiger charge is -2.25. The smallest absolute Gasteiger partial charge is 0.407 e. The van der Waals surface area contributed by atoms with Gasteiger partial charge in [-0.25, -0.2) is 4.79 Å². The third-order valence-corrected chi connectivity index (χ3v) is 5.95. The number of nitrogens with one attached hydrogen (secondary N) is 1. The number of unbranched alkanes of at least 4 members (excludes halogenated alkanes) is 2. The van der Waals surface area contributed by atoms with Crippen molar-refractivity contribution in [3.8, 4) is 0 Å². The molecule has 1 N–H and O–H groups in total. The van der Waals surface area contributed by atoms with Crippen molar-refractivity contribution in [2.24, 2.45) is 0 Å². The van der Waals surface area contributed by atoms with Crippen LogP contribution in [0.4, 0.5) is 4.79 Å². The first-order chi connectivity index (χ1) is 17.9. The Labute approximate surface area is 215 Å². The fourth-order valence-electron chi connectivity index (χ4n) is 3.99. The average Bonchev–Trinajstić information content (AvgIpc) is 2.90. The highest BCUT2D eigenvalue weighted by molar-refractivity contribution is 5.99. The van der Waals surface area contributed by atoms with Crippen LogP contribution in [0.3, 0.4) is 0 Å². The molecule has 3 rings (SSSR count). The molecule has 37 heavy (non-hydrogen) atoms. The van der Waals surface area contributed by atoms with Crippen LogP contribution in [-0.4, -0.2) is 47.4 Å². The lowest BCUT2D eigenvalue weighted by molar-refractivity contribution is -0.468. The zero-order valence-electron chi connectivity index (χ0n) is 20.8. The Kier molecular flexibility index (Phi) is 10.1. The Balaban J connectivity index is 1.83. The predicted molar refractivity (Wildman–Crippen MR) is 139 cm³/mol. The Hall–Kier alpha value is -4.27. The summed E-state index contributed by atoms with van der Waals surface area (Å²) in [6, 6.07) is 22.2. The lowest BCUT2D eigenvalue weighted by atomic mass is 9.94. The Morgan fingerprint density at radius 3 is 2.38 bits per heavy atom. The summed E-state index contributed by atoms with van der Waals surface area (Å²) in [6.45, 7) is 0.997. The second-order valence-corrected chi connectivity index (χ2v) is 8.68. The molecule has 0 saturated carbocycles. The summed E-state index contributed by atoms with van der Waals surface area (Å²) in [5.41, 5.74) is 1.40. The number of carbonyl (C=O) groups is 3. The van der Waals surface area contributed by atoms with Crippen molar-refractivity contribution in [1.29, 1.82) is 0 Å². The van der Waals surface area contributed by atoms with Gasteiger partial charge in [-0.05, 0) is 28.3 Å². The van der Waals surface area contributed by atoms with E-state index in [9.17, 15) is 24.5 Å². The van der Waals surface area contributed by atoms with Crippen LogP contribution >= 0.6 is 0 Å². The van der Waals surface area contributed by atoms with Crippen LogP contribution in [0.15, 0.2) is 72.8 Å². The number of amides is 3. The van der Waals surface area contributed by atoms with E-state index in [0.29, 0.717) is 12.0 Å². The maximum absolute atomic E-state index is 13.7. The van der Waals surface area contributed by atoms with E-state index in [4.69, 9.17) is 4.74 Å². The number of nitro groups is 1. The highest BCUT2D eigenvalue weighted by Gasteiger charge is 2.32. The van der Waals surface area contributed by atoms with E-state index < -0.39 is 35.3 Å². The predicted octanol–water partition coefficient (Wildman–Crippen LogP) is 4.67. The van der Waals surface area contributed by atoms with Gasteiger partial charge in [0.1, 0.15) is 6.61 Å². The lowest BCUT2D eigenvalue weighted by Crippen LogP contribution is -2.46. The second kappa shape index (κ2) is 13.7. The topological polar surface area (TPSA) is 119 Å². The standard InChI is InChI=1S/C28H31N3O6/c1-2-3-9-16-30(26(32)19-31(35)36)27(33)25(24-15-14-22-12-7-8-13-23(22)17-24)18-29-28(34)37-20-21-10-5-4-6-11-21/h4-8,10-15,17,25H,2-3,9,16,18-20H2,1H3,(H,29,34). The minimum atomic E-state index is -0.977. The second-order valence-electron chi connectivity index (χ2n) is 8.68. The van der Waals surface area contributed by atoms with Crippen LogP contribution < -0.4 is 5.32 Å². The number of fused-ring (bicyclic) bond motifs is 1. The molecule has 0 saturated heterocycles. The van der Waals surface area contributed by atoms with Crippen LogP contribution in [0.2, 0.25) is 0 Å². The number of ether oxygens (including phenoxy) is 1. The van der Waals surface area contributed by atoms with E-state index >= 15 is 0 Å². The minimum absolute atomic E-state index is 0.0612. The molecule has 3 aromatic carbocycles. The number of hydrogen-bond donors (Lipinski definition) is 1. The highest BCUT2D eigenvalue weighted by atomic mass is 16.6. The number of benzene rings is 3. The summed E-state index contributed by atoms with van der Waals surface area (Å²) in [6.07, 6.45) is 1.44. The quantitative estimate of drug-likeness (QED) is 0.217. The van der Waals surface area contributed by atoms with E-state index in [2.05, 4.69) is 5.32 Å². The van der Waals surface area contributed by atoms with E-state index in [0.717, 1.165) is 34.1 Å². The minimum Gasteiger partial charge on any atom is -0.445 e. The van der Waals surface area contributed by atoms with Gasteiger partial charge < -0.3 is 10.1 Å². The molecule has 0 heterocycles. The van der Waals surface area contributed by atoms with Gasteiger partial charge in [-0.15, -0.1) is 0 Å². The Bertz CT molecular complexity index is 1230. The highest BCUT2D eigenvalue weighted by Crippen LogP contribution is 2.24. The number of carbonyl (C=O) groups excluding carboxylic acids is 3. The maximum Gasteiger partial charge on any atom is 0.407 e. The molecule has 0 fully saturated rings. The average molecular weight is 506 g/mol. The van der Waals surface area contributed by atoms with E-state index in [1.54, 1.807) is 6.07 Å². The normalized spacial score (nSPS) is 11.5. The molecule has 0 spiro atoms. The van der Waals surface area contributed by atoms with E-state index in [1.807, 2.05) is 73.7 Å². The molecular formula is C28H31N3O6. The first-order valence-electron chi connectivity index (χ1n) is 12.3. The fourth-order valence-corrected chi connectivity index (χ4v) is 3.99. The summed E-state index contributed by atoms with van der Waals surface area (Å²) >= 11 is 0. The van der Waals surface area contributed by atoms with Crippen molar-refractivity contribution < 1.29 is 24.0 Å². The molecule has 0 bridgehead atoms. The van der Waals surface area contributed by atoms with Gasteiger partial charge in [0.2, 0.25) is 5.91 Å². The van der Waals surface area contributed by atoms with Crippen molar-refractivity contribution in [3.63, 3.8) is 0 Å². The van der Waals surface area contributed by atoms with Crippen molar-refractivity contribution in [1.82, 2.24) is 10.2 Å². The summed E-state index contributed by atoms with van der Waals surface area (Å²) < 4.78 is 5.27. The Morgan fingerprint density at radius 1 is 0.973 bits per heavy atom. The van der Waals surface area contributed by atoms with Gasteiger partial charge in [0.05, 0.1) is 5.92 Å². The number of hydrogen-bond acceptors (Lipinski definition) is 6.